The second kappa shape index (κ2) is 5.31. The summed E-state index contributed by atoms with van der Waals surface area (Å²) < 4.78 is 0. The highest BCUT2D eigenvalue weighted by atomic mass is 16.3. The van der Waals surface area contributed by atoms with E-state index in [0.29, 0.717) is 11.8 Å². The zero-order valence-electron chi connectivity index (χ0n) is 14.6. The molecule has 4 rings (SSSR count). The Kier molecular flexibility index (Phi) is 3.61. The average Bonchev–Trinajstić information content (AvgIpc) is 2.85. The van der Waals surface area contributed by atoms with Crippen molar-refractivity contribution < 1.29 is 9.90 Å². The van der Waals surface area contributed by atoms with E-state index in [1.807, 2.05) is 0 Å². The number of carbonyl (C=O) groups excluding carboxylic acids is 1. The molecule has 0 aromatic rings. The Morgan fingerprint density at radius 3 is 2.70 bits per heavy atom. The van der Waals surface area contributed by atoms with Crippen LogP contribution in [0.15, 0.2) is 23.3 Å². The minimum Gasteiger partial charge on any atom is -0.393 e. The summed E-state index contributed by atoms with van der Waals surface area (Å²) in [5.74, 6) is 2.26. The molecule has 0 aromatic heterocycles. The second-order valence-electron chi connectivity index (χ2n) is 8.95. The number of rotatable bonds is 2. The molecule has 0 radical (unpaired) electrons. The number of fused-ring (bicyclic) bond motifs is 5. The SMILES string of the molecule is C[C@]12CC[C@H](O)CC1=CCC1C2CC[C@]2(C)C(CC=O)=CCC12. The van der Waals surface area contributed by atoms with E-state index < -0.39 is 0 Å². The van der Waals surface area contributed by atoms with Crippen LogP contribution in [0.25, 0.3) is 0 Å². The number of aliphatic hydroxyl groups is 1. The van der Waals surface area contributed by atoms with Crippen LogP contribution in [-0.2, 0) is 4.79 Å². The largest absolute Gasteiger partial charge is 0.393 e. The molecule has 2 nitrogen and oxygen atoms in total. The van der Waals surface area contributed by atoms with E-state index in [9.17, 15) is 9.90 Å². The van der Waals surface area contributed by atoms with E-state index in [-0.39, 0.29) is 11.5 Å². The summed E-state index contributed by atoms with van der Waals surface area (Å²) >= 11 is 0. The van der Waals surface area contributed by atoms with Gasteiger partial charge in [0.25, 0.3) is 0 Å². The number of hydrogen-bond acceptors (Lipinski definition) is 2. The number of aliphatic hydroxyl groups excluding tert-OH is 1. The zero-order chi connectivity index (χ0) is 16.2. The lowest BCUT2D eigenvalue weighted by molar-refractivity contribution is -0.107. The Morgan fingerprint density at radius 1 is 1.13 bits per heavy atom. The molecule has 4 aliphatic rings. The first-order chi connectivity index (χ1) is 11.0. The van der Waals surface area contributed by atoms with Gasteiger partial charge < -0.3 is 9.90 Å². The highest BCUT2D eigenvalue weighted by Gasteiger charge is 2.56. The van der Waals surface area contributed by atoms with Gasteiger partial charge in [-0.15, -0.1) is 0 Å². The molecule has 6 atom stereocenters. The summed E-state index contributed by atoms with van der Waals surface area (Å²) in [5.41, 5.74) is 3.53. The Hall–Kier alpha value is -0.890. The van der Waals surface area contributed by atoms with Crippen LogP contribution in [-0.4, -0.2) is 17.5 Å². The molecule has 0 saturated heterocycles. The summed E-state index contributed by atoms with van der Waals surface area (Å²) in [5, 5.41) is 10.1. The molecule has 0 amide bonds. The molecule has 2 heteroatoms. The van der Waals surface area contributed by atoms with Gasteiger partial charge in [-0.1, -0.05) is 37.1 Å². The summed E-state index contributed by atoms with van der Waals surface area (Å²) in [7, 11) is 0. The van der Waals surface area contributed by atoms with Crippen LogP contribution in [0.4, 0.5) is 0 Å². The number of carbonyl (C=O) groups is 1. The molecular weight excluding hydrogens is 284 g/mol. The van der Waals surface area contributed by atoms with Crippen molar-refractivity contribution in [1.29, 1.82) is 0 Å². The number of hydrogen-bond donors (Lipinski definition) is 1. The van der Waals surface area contributed by atoms with Crippen molar-refractivity contribution in [2.75, 3.05) is 0 Å². The highest BCUT2D eigenvalue weighted by molar-refractivity contribution is 5.56. The zero-order valence-corrected chi connectivity index (χ0v) is 14.6. The van der Waals surface area contributed by atoms with Gasteiger partial charge in [0.05, 0.1) is 6.10 Å². The molecule has 0 spiro atoms. The third-order valence-electron chi connectivity index (χ3n) is 8.12. The van der Waals surface area contributed by atoms with E-state index in [1.165, 1.54) is 31.3 Å². The minimum atomic E-state index is -0.118. The Labute approximate surface area is 140 Å². The Balaban J connectivity index is 1.64. The van der Waals surface area contributed by atoms with E-state index in [1.54, 1.807) is 5.57 Å². The van der Waals surface area contributed by atoms with Crippen molar-refractivity contribution in [3.8, 4) is 0 Å². The molecule has 0 aromatic carbocycles. The van der Waals surface area contributed by atoms with Crippen LogP contribution in [0.5, 0.6) is 0 Å². The monoisotopic (exact) mass is 314 g/mol. The van der Waals surface area contributed by atoms with E-state index in [4.69, 9.17) is 0 Å². The van der Waals surface area contributed by atoms with Crippen LogP contribution < -0.4 is 0 Å². The lowest BCUT2D eigenvalue weighted by atomic mass is 9.47. The van der Waals surface area contributed by atoms with Crippen molar-refractivity contribution in [3.63, 3.8) is 0 Å². The smallest absolute Gasteiger partial charge is 0.124 e. The van der Waals surface area contributed by atoms with Crippen molar-refractivity contribution in [1.82, 2.24) is 0 Å². The maximum absolute atomic E-state index is 11.1. The summed E-state index contributed by atoms with van der Waals surface area (Å²) in [6, 6.07) is 0. The van der Waals surface area contributed by atoms with Crippen LogP contribution in [0, 0.1) is 28.6 Å². The van der Waals surface area contributed by atoms with Gasteiger partial charge >= 0.3 is 0 Å². The Bertz CT molecular complexity index is 574. The van der Waals surface area contributed by atoms with Gasteiger partial charge in [0.2, 0.25) is 0 Å². The number of allylic oxidation sites excluding steroid dienone is 3. The molecule has 4 aliphatic carbocycles. The quantitative estimate of drug-likeness (QED) is 0.604. The Morgan fingerprint density at radius 2 is 1.91 bits per heavy atom. The van der Waals surface area contributed by atoms with E-state index in [2.05, 4.69) is 26.0 Å². The van der Waals surface area contributed by atoms with Gasteiger partial charge in [-0.25, -0.2) is 0 Å². The topological polar surface area (TPSA) is 37.3 Å². The molecule has 2 fully saturated rings. The molecule has 1 N–H and O–H groups in total. The van der Waals surface area contributed by atoms with Crippen molar-refractivity contribution in [2.45, 2.75) is 71.3 Å². The van der Waals surface area contributed by atoms with E-state index >= 15 is 0 Å². The van der Waals surface area contributed by atoms with Crippen molar-refractivity contribution >= 4 is 6.29 Å². The van der Waals surface area contributed by atoms with Crippen LogP contribution >= 0.6 is 0 Å². The van der Waals surface area contributed by atoms with E-state index in [0.717, 1.165) is 43.3 Å². The highest BCUT2D eigenvalue weighted by Crippen LogP contribution is 2.65. The molecule has 23 heavy (non-hydrogen) atoms. The van der Waals surface area contributed by atoms with Crippen molar-refractivity contribution in [3.05, 3.63) is 23.3 Å². The van der Waals surface area contributed by atoms with Gasteiger partial charge in [0.1, 0.15) is 6.29 Å². The molecular formula is C21H30O2. The lowest BCUT2D eigenvalue weighted by Crippen LogP contribution is -2.50. The fourth-order valence-electron chi connectivity index (χ4n) is 6.70. The van der Waals surface area contributed by atoms with Crippen LogP contribution in [0.1, 0.15) is 65.2 Å². The minimum absolute atomic E-state index is 0.118. The molecule has 126 valence electrons. The third-order valence-corrected chi connectivity index (χ3v) is 8.12. The van der Waals surface area contributed by atoms with Gasteiger partial charge in [-0.2, -0.15) is 0 Å². The predicted molar refractivity (Wildman–Crippen MR) is 91.9 cm³/mol. The van der Waals surface area contributed by atoms with Crippen LogP contribution in [0.2, 0.25) is 0 Å². The first-order valence-electron chi connectivity index (χ1n) is 9.50. The summed E-state index contributed by atoms with van der Waals surface area (Å²) in [4.78, 5) is 11.1. The summed E-state index contributed by atoms with van der Waals surface area (Å²) in [6.07, 6.45) is 14.4. The normalized spacial score (nSPS) is 48.7. The fourth-order valence-corrected chi connectivity index (χ4v) is 6.70. The average molecular weight is 314 g/mol. The number of aldehydes is 1. The van der Waals surface area contributed by atoms with Gasteiger partial charge in [-0.05, 0) is 73.5 Å². The van der Waals surface area contributed by atoms with Crippen LogP contribution in [0.3, 0.4) is 0 Å². The van der Waals surface area contributed by atoms with Gasteiger partial charge in [-0.3, -0.25) is 0 Å². The predicted octanol–water partition coefficient (Wildman–Crippen LogP) is 4.44. The molecule has 0 aliphatic heterocycles. The first kappa shape index (κ1) is 15.6. The maximum Gasteiger partial charge on any atom is 0.124 e. The molecule has 0 bridgehead atoms. The van der Waals surface area contributed by atoms with Crippen molar-refractivity contribution in [2.24, 2.45) is 28.6 Å². The molecule has 2 saturated carbocycles. The third kappa shape index (κ3) is 2.13. The maximum atomic E-state index is 11.1. The standard InChI is InChI=1S/C21H30O2/c1-20-11-8-19-17(18(20)6-4-14(20)9-12-22)5-3-15-13-16(23)7-10-21(15,19)2/h3-4,12,16-19,23H,5-11,13H2,1-2H3/t16-,17?,18?,19?,20+,21-/m0/s1. The van der Waals surface area contributed by atoms with Gasteiger partial charge in [0, 0.05) is 6.42 Å². The second-order valence-corrected chi connectivity index (χ2v) is 8.95. The van der Waals surface area contributed by atoms with Gasteiger partial charge in [0.15, 0.2) is 0 Å². The first-order valence-corrected chi connectivity index (χ1v) is 9.50. The summed E-state index contributed by atoms with van der Waals surface area (Å²) in [6.45, 7) is 4.89. The molecule has 0 heterocycles. The molecule has 3 unspecified atom stereocenters. The lowest BCUT2D eigenvalue weighted by Gasteiger charge is -2.57. The fraction of sp³-hybridized carbons (Fsp3) is 0.762.